The predicted octanol–water partition coefficient (Wildman–Crippen LogP) is 5.74. The number of fused-ring (bicyclic) bond motifs is 1. The highest BCUT2D eigenvalue weighted by molar-refractivity contribution is 9.10. The first-order valence-corrected chi connectivity index (χ1v) is 12.1. The molecule has 7 heteroatoms. The highest BCUT2D eigenvalue weighted by Crippen LogP contribution is 2.51. The molecule has 6 nitrogen and oxygen atoms in total. The fourth-order valence-corrected chi connectivity index (χ4v) is 5.65. The largest absolute Gasteiger partial charge is 0.460 e. The van der Waals surface area contributed by atoms with E-state index in [0.717, 1.165) is 21.3 Å². The van der Waals surface area contributed by atoms with Crippen molar-refractivity contribution in [1.82, 2.24) is 0 Å². The van der Waals surface area contributed by atoms with E-state index in [1.807, 2.05) is 49.4 Å². The number of esters is 1. The van der Waals surface area contributed by atoms with Gasteiger partial charge in [0.25, 0.3) is 0 Å². The van der Waals surface area contributed by atoms with Gasteiger partial charge in [-0.15, -0.1) is 0 Å². The predicted molar refractivity (Wildman–Crippen MR) is 131 cm³/mol. The van der Waals surface area contributed by atoms with Crippen molar-refractivity contribution in [3.8, 4) is 11.5 Å². The second-order valence-electron chi connectivity index (χ2n) is 9.83. The number of Topliss-reactive ketones (excluding diaryl/α,β-unsaturated/α-hetero) is 1. The van der Waals surface area contributed by atoms with Crippen LogP contribution < -0.4 is 9.47 Å². The number of ketones is 1. The highest BCUT2D eigenvalue weighted by Gasteiger charge is 2.47. The molecule has 1 unspecified atom stereocenters. The number of hydrogen-bond acceptors (Lipinski definition) is 6. The van der Waals surface area contributed by atoms with E-state index in [1.54, 1.807) is 0 Å². The van der Waals surface area contributed by atoms with Crippen molar-refractivity contribution in [2.24, 2.45) is 16.3 Å². The van der Waals surface area contributed by atoms with Crippen LogP contribution in [-0.4, -0.2) is 24.3 Å². The third-order valence-corrected chi connectivity index (χ3v) is 7.29. The summed E-state index contributed by atoms with van der Waals surface area (Å²) in [5.41, 5.74) is 3.53. The molecule has 2 aromatic rings. The van der Waals surface area contributed by atoms with Crippen LogP contribution in [0.4, 0.5) is 0 Å². The van der Waals surface area contributed by atoms with E-state index in [-0.39, 0.29) is 24.6 Å². The molecule has 34 heavy (non-hydrogen) atoms. The number of ether oxygens (including phenoxy) is 3. The summed E-state index contributed by atoms with van der Waals surface area (Å²) in [5, 5.41) is 0. The molecule has 0 bridgehead atoms. The van der Waals surface area contributed by atoms with Crippen LogP contribution in [-0.2, 0) is 20.9 Å². The van der Waals surface area contributed by atoms with Crippen molar-refractivity contribution in [3.05, 3.63) is 69.3 Å². The Balaban J connectivity index is 1.58. The van der Waals surface area contributed by atoms with Gasteiger partial charge >= 0.3 is 5.97 Å². The van der Waals surface area contributed by atoms with Crippen molar-refractivity contribution < 1.29 is 23.8 Å². The third-order valence-electron chi connectivity index (χ3n) is 6.61. The Bertz CT molecular complexity index is 1230. The van der Waals surface area contributed by atoms with Gasteiger partial charge in [-0.05, 0) is 42.0 Å². The van der Waals surface area contributed by atoms with Crippen LogP contribution in [0.25, 0.3) is 0 Å². The lowest BCUT2D eigenvalue weighted by Crippen LogP contribution is -2.39. The molecule has 5 rings (SSSR count). The lowest BCUT2D eigenvalue weighted by molar-refractivity contribution is -0.148. The molecule has 0 spiro atoms. The van der Waals surface area contributed by atoms with Gasteiger partial charge in [0, 0.05) is 33.8 Å². The highest BCUT2D eigenvalue weighted by atomic mass is 79.9. The minimum absolute atomic E-state index is 0.0259. The van der Waals surface area contributed by atoms with Crippen LogP contribution in [0.5, 0.6) is 11.5 Å². The van der Waals surface area contributed by atoms with E-state index in [4.69, 9.17) is 19.2 Å². The first-order valence-electron chi connectivity index (χ1n) is 11.3. The van der Waals surface area contributed by atoms with Crippen LogP contribution in [0.15, 0.2) is 63.2 Å². The van der Waals surface area contributed by atoms with Crippen molar-refractivity contribution in [1.29, 1.82) is 0 Å². The van der Waals surface area contributed by atoms with Crippen molar-refractivity contribution in [2.45, 2.75) is 46.1 Å². The summed E-state index contributed by atoms with van der Waals surface area (Å²) in [5.74, 6) is -0.389. The molecule has 0 aromatic heterocycles. The number of aliphatic imine (C=N–C) groups is 1. The topological polar surface area (TPSA) is 74.2 Å². The second-order valence-corrected chi connectivity index (χ2v) is 10.7. The van der Waals surface area contributed by atoms with Crippen molar-refractivity contribution >= 4 is 33.4 Å². The van der Waals surface area contributed by atoms with E-state index in [0.29, 0.717) is 35.6 Å². The Morgan fingerprint density at radius 1 is 1.15 bits per heavy atom. The van der Waals surface area contributed by atoms with Gasteiger partial charge in [-0.2, -0.15) is 0 Å². The molecule has 0 N–H and O–H groups in total. The Morgan fingerprint density at radius 3 is 2.59 bits per heavy atom. The lowest BCUT2D eigenvalue weighted by atomic mass is 9.67. The van der Waals surface area contributed by atoms with Crippen LogP contribution >= 0.6 is 15.9 Å². The van der Waals surface area contributed by atoms with Crippen LogP contribution in [0.1, 0.15) is 50.7 Å². The molecule has 2 heterocycles. The number of benzene rings is 2. The SMILES string of the molecule is CC1=NC2=C(C(=O)CC(C)(C)C2)[C@@H](c2cc3c(cc2Br)OCO3)C1C(=O)OCc1ccccc1. The van der Waals surface area contributed by atoms with E-state index in [1.165, 1.54) is 0 Å². The number of carbonyl (C=O) groups is 2. The summed E-state index contributed by atoms with van der Waals surface area (Å²) < 4.78 is 17.6. The summed E-state index contributed by atoms with van der Waals surface area (Å²) in [6.45, 7) is 6.29. The fourth-order valence-electron chi connectivity index (χ4n) is 5.08. The normalized spacial score (nSPS) is 22.8. The third kappa shape index (κ3) is 4.17. The van der Waals surface area contributed by atoms with E-state index in [9.17, 15) is 9.59 Å². The van der Waals surface area contributed by atoms with E-state index >= 15 is 0 Å². The number of allylic oxidation sites excluding steroid dienone is 2. The molecule has 3 aliphatic rings. The fraction of sp³-hybridized carbons (Fsp3) is 0.370. The summed E-state index contributed by atoms with van der Waals surface area (Å²) in [7, 11) is 0. The summed E-state index contributed by atoms with van der Waals surface area (Å²) in [6, 6.07) is 13.3. The average Bonchev–Trinajstić information content (AvgIpc) is 3.23. The molecule has 0 saturated carbocycles. The first-order chi connectivity index (χ1) is 16.2. The molecule has 0 fully saturated rings. The van der Waals surface area contributed by atoms with Crippen molar-refractivity contribution in [3.63, 3.8) is 0 Å². The molecular weight excluding hydrogens is 498 g/mol. The molecule has 0 saturated heterocycles. The number of halogens is 1. The van der Waals surface area contributed by atoms with Gasteiger partial charge in [0.1, 0.15) is 12.5 Å². The molecular formula is C27H26BrNO5. The van der Waals surface area contributed by atoms with Crippen LogP contribution in [0.2, 0.25) is 0 Å². The molecule has 0 amide bonds. The minimum atomic E-state index is -0.718. The zero-order valence-corrected chi connectivity index (χ0v) is 21.0. The monoisotopic (exact) mass is 523 g/mol. The number of rotatable bonds is 4. The van der Waals surface area contributed by atoms with Gasteiger partial charge in [0.05, 0.1) is 0 Å². The smallest absolute Gasteiger partial charge is 0.315 e. The Labute approximate surface area is 207 Å². The molecule has 2 aliphatic heterocycles. The first kappa shape index (κ1) is 22.8. The van der Waals surface area contributed by atoms with Gasteiger partial charge in [-0.1, -0.05) is 60.1 Å². The molecule has 1 aliphatic carbocycles. The summed E-state index contributed by atoms with van der Waals surface area (Å²) >= 11 is 3.66. The van der Waals surface area contributed by atoms with Crippen LogP contribution in [0.3, 0.4) is 0 Å². The Morgan fingerprint density at radius 2 is 1.85 bits per heavy atom. The van der Waals surface area contributed by atoms with E-state index < -0.39 is 17.8 Å². The number of carbonyl (C=O) groups excluding carboxylic acids is 2. The number of hydrogen-bond donors (Lipinski definition) is 0. The lowest BCUT2D eigenvalue weighted by Gasteiger charge is -2.39. The number of nitrogens with zero attached hydrogens (tertiary/aromatic N) is 1. The zero-order chi connectivity index (χ0) is 24.0. The maximum Gasteiger partial charge on any atom is 0.315 e. The second kappa shape index (κ2) is 8.69. The molecule has 2 atom stereocenters. The van der Waals surface area contributed by atoms with Crippen LogP contribution in [0, 0.1) is 11.3 Å². The van der Waals surface area contributed by atoms with Gasteiger partial charge < -0.3 is 14.2 Å². The van der Waals surface area contributed by atoms with Gasteiger partial charge in [0.2, 0.25) is 6.79 Å². The summed E-state index contributed by atoms with van der Waals surface area (Å²) in [6.07, 6.45) is 1.08. The Kier molecular flexibility index (Phi) is 5.84. The van der Waals surface area contributed by atoms with E-state index in [2.05, 4.69) is 29.8 Å². The van der Waals surface area contributed by atoms with Gasteiger partial charge in [-0.3, -0.25) is 14.6 Å². The standard InChI is InChI=1S/C27H26BrNO5/c1-15-23(26(31)32-13-16-7-5-4-6-8-16)24(17-9-21-22(10-18(17)28)34-14-33-21)25-19(29-15)11-27(2,3)12-20(25)30/h4-10,23-24H,11-14H2,1-3H3/t23?,24-/m0/s1. The van der Waals surface area contributed by atoms with Crippen molar-refractivity contribution in [2.75, 3.05) is 6.79 Å². The Hall–Kier alpha value is -2.93. The maximum atomic E-state index is 13.5. The zero-order valence-electron chi connectivity index (χ0n) is 19.4. The molecule has 2 aromatic carbocycles. The summed E-state index contributed by atoms with van der Waals surface area (Å²) in [4.78, 5) is 31.8. The minimum Gasteiger partial charge on any atom is -0.460 e. The van der Waals surface area contributed by atoms with Gasteiger partial charge in [0.15, 0.2) is 17.3 Å². The molecule has 0 radical (unpaired) electrons. The average molecular weight is 524 g/mol. The quantitative estimate of drug-likeness (QED) is 0.477. The van der Waals surface area contributed by atoms with Gasteiger partial charge in [-0.25, -0.2) is 0 Å². The maximum absolute atomic E-state index is 13.5. The molecule has 176 valence electrons.